The fourth-order valence-corrected chi connectivity index (χ4v) is 16.0. The Morgan fingerprint density at radius 2 is 1.47 bits per heavy atom. The smallest absolute Gasteiger partial charge is 0.471 e. The number of epoxide rings is 1. The first-order valence-electron chi connectivity index (χ1n) is 21.7. The SMILES string of the molecule is COc1ccc(CO[C@H]2C[C@H](O[Si](C)(C)C(C)(C)C)C(=O)c3c2c(CO)c2cc(C)c(C4OC5(C(CO)CO)OC4C(=O)C54CO4)c4c2c3O[Si](C(C)(C)C)(C(C)(C)C)O4)cc1. The number of fused-ring (bicyclic) bond motifs is 5. The Bertz CT molecular complexity index is 2280. The van der Waals surface area contributed by atoms with E-state index in [0.717, 1.165) is 11.3 Å². The molecule has 0 aromatic heterocycles. The summed E-state index contributed by atoms with van der Waals surface area (Å²) < 4.78 is 53.4. The average molecular weight is 893 g/mol. The van der Waals surface area contributed by atoms with Gasteiger partial charge in [-0.1, -0.05) is 80.5 Å². The van der Waals surface area contributed by atoms with Gasteiger partial charge in [-0.05, 0) is 59.3 Å². The number of carbonyl (C=O) groups is 2. The van der Waals surface area contributed by atoms with Gasteiger partial charge in [-0.3, -0.25) is 9.59 Å². The van der Waals surface area contributed by atoms with Crippen molar-refractivity contribution in [2.75, 3.05) is 26.9 Å². The van der Waals surface area contributed by atoms with Crippen molar-refractivity contribution in [3.8, 4) is 17.2 Å². The number of aryl methyl sites for hydroxylation is 1. The van der Waals surface area contributed by atoms with Crippen LogP contribution in [-0.2, 0) is 41.4 Å². The van der Waals surface area contributed by atoms with E-state index in [0.29, 0.717) is 50.1 Å². The fourth-order valence-electron chi connectivity index (χ4n) is 10.2. The van der Waals surface area contributed by atoms with E-state index in [-0.39, 0.29) is 36.2 Å². The molecule has 4 aliphatic heterocycles. The number of hydrogen-bond acceptors (Lipinski definition) is 13. The summed E-state index contributed by atoms with van der Waals surface area (Å²) in [7, 11) is -4.56. The molecule has 3 aromatic carbocycles. The van der Waals surface area contributed by atoms with Crippen molar-refractivity contribution >= 4 is 39.2 Å². The van der Waals surface area contributed by atoms with Crippen molar-refractivity contribution in [2.45, 2.75) is 153 Å². The molecule has 8 rings (SSSR count). The van der Waals surface area contributed by atoms with Gasteiger partial charge < -0.3 is 52.3 Å². The van der Waals surface area contributed by atoms with Crippen LogP contribution in [-0.4, -0.2) is 94.3 Å². The largest absolute Gasteiger partial charge is 0.510 e. The zero-order valence-corrected chi connectivity index (χ0v) is 40.4. The lowest BCUT2D eigenvalue weighted by Crippen LogP contribution is -2.64. The molecule has 13 nitrogen and oxygen atoms in total. The van der Waals surface area contributed by atoms with E-state index in [4.69, 9.17) is 37.0 Å². The molecule has 2 bridgehead atoms. The molecule has 3 fully saturated rings. The van der Waals surface area contributed by atoms with E-state index >= 15 is 4.79 Å². The van der Waals surface area contributed by atoms with Crippen molar-refractivity contribution in [3.63, 3.8) is 0 Å². The Labute approximate surface area is 366 Å². The predicted molar refractivity (Wildman–Crippen MR) is 235 cm³/mol. The first kappa shape index (κ1) is 45.3. The maximum absolute atomic E-state index is 15.6. The van der Waals surface area contributed by atoms with Crippen LogP contribution in [0.3, 0.4) is 0 Å². The van der Waals surface area contributed by atoms with Crippen LogP contribution in [0, 0.1) is 12.8 Å². The maximum Gasteiger partial charge on any atom is 0.471 e. The summed E-state index contributed by atoms with van der Waals surface area (Å²) in [6, 6.07) is 9.56. The van der Waals surface area contributed by atoms with Gasteiger partial charge in [-0.25, -0.2) is 0 Å². The number of carbonyl (C=O) groups excluding carboxylic acids is 2. The third kappa shape index (κ3) is 6.43. The molecular weight excluding hydrogens is 829 g/mol. The second-order valence-corrected chi connectivity index (χ2v) is 30.7. The van der Waals surface area contributed by atoms with E-state index < -0.39 is 88.5 Å². The van der Waals surface area contributed by atoms with Gasteiger partial charge in [0.25, 0.3) is 0 Å². The molecule has 1 aliphatic carbocycles. The van der Waals surface area contributed by atoms with Crippen LogP contribution in [0.1, 0.15) is 119 Å². The van der Waals surface area contributed by atoms with E-state index in [9.17, 15) is 20.1 Å². The van der Waals surface area contributed by atoms with Crippen molar-refractivity contribution in [1.29, 1.82) is 0 Å². The molecule has 1 spiro atoms. The van der Waals surface area contributed by atoms with Crippen LogP contribution < -0.4 is 13.6 Å². The summed E-state index contributed by atoms with van der Waals surface area (Å²) in [4.78, 5) is 29.9. The normalized spacial score (nSPS) is 27.8. The van der Waals surface area contributed by atoms with Crippen LogP contribution in [0.4, 0.5) is 0 Å². The third-order valence-corrected chi connectivity index (χ3v) is 23.9. The molecule has 4 unspecified atom stereocenters. The number of aliphatic hydroxyl groups excluding tert-OH is 3. The van der Waals surface area contributed by atoms with E-state index in [1.165, 1.54) is 0 Å². The zero-order valence-electron chi connectivity index (χ0n) is 38.4. The highest BCUT2D eigenvalue weighted by Gasteiger charge is 2.83. The molecule has 6 atom stereocenters. The molecule has 4 heterocycles. The number of hydrogen-bond donors (Lipinski definition) is 3. The molecule has 62 heavy (non-hydrogen) atoms. The topological polar surface area (TPSA) is 172 Å². The van der Waals surface area contributed by atoms with Crippen LogP contribution in [0.25, 0.3) is 10.8 Å². The number of aliphatic hydroxyl groups is 3. The minimum Gasteiger partial charge on any atom is -0.510 e. The van der Waals surface area contributed by atoms with Crippen molar-refractivity contribution in [3.05, 3.63) is 63.7 Å². The monoisotopic (exact) mass is 892 g/mol. The number of ketones is 2. The number of Topliss-reactive ketones (excluding diaryl/α,β-unsaturated/α-hetero) is 2. The van der Waals surface area contributed by atoms with Gasteiger partial charge in [0, 0.05) is 27.6 Å². The summed E-state index contributed by atoms with van der Waals surface area (Å²) >= 11 is 0. The summed E-state index contributed by atoms with van der Waals surface area (Å²) in [6.45, 7) is 23.9. The highest BCUT2D eigenvalue weighted by Crippen LogP contribution is 2.66. The quantitative estimate of drug-likeness (QED) is 0.126. The summed E-state index contributed by atoms with van der Waals surface area (Å²) in [5, 5.41) is 32.1. The molecule has 3 saturated heterocycles. The molecule has 0 amide bonds. The molecule has 15 heteroatoms. The Hall–Kier alpha value is -3.23. The lowest BCUT2D eigenvalue weighted by Gasteiger charge is -2.52. The lowest BCUT2D eigenvalue weighted by atomic mass is 9.78. The molecule has 0 saturated carbocycles. The third-order valence-electron chi connectivity index (χ3n) is 14.5. The van der Waals surface area contributed by atoms with Gasteiger partial charge in [-0.15, -0.1) is 0 Å². The Kier molecular flexibility index (Phi) is 10.9. The minimum absolute atomic E-state index is 0.0433. The predicted octanol–water partition coefficient (Wildman–Crippen LogP) is 7.80. The summed E-state index contributed by atoms with van der Waals surface area (Å²) in [6.07, 6.45) is -3.51. The van der Waals surface area contributed by atoms with Crippen LogP contribution in [0.15, 0.2) is 30.3 Å². The number of ether oxygens (including phenoxy) is 5. The van der Waals surface area contributed by atoms with Gasteiger partial charge in [0.1, 0.15) is 29.5 Å². The Balaban J connectivity index is 1.41. The van der Waals surface area contributed by atoms with E-state index in [1.54, 1.807) is 7.11 Å². The van der Waals surface area contributed by atoms with Crippen molar-refractivity contribution < 1.29 is 61.9 Å². The first-order valence-corrected chi connectivity index (χ1v) is 26.5. The molecular formula is C47H64O13Si2. The van der Waals surface area contributed by atoms with Crippen LogP contribution in [0.2, 0.25) is 28.2 Å². The summed E-state index contributed by atoms with van der Waals surface area (Å²) in [5.41, 5.74) is 2.05. The van der Waals surface area contributed by atoms with Gasteiger partial charge in [0.2, 0.25) is 17.2 Å². The molecule has 0 radical (unpaired) electrons. The number of benzene rings is 3. The lowest BCUT2D eigenvalue weighted by molar-refractivity contribution is -0.239. The highest BCUT2D eigenvalue weighted by molar-refractivity contribution is 6.75. The molecule has 3 N–H and O–H groups in total. The second-order valence-electron chi connectivity index (χ2n) is 21.3. The molecule has 338 valence electrons. The molecule has 3 aromatic rings. The standard InChI is InChI=1S/C47H64O13Si2/c1-25-18-29-30(22-50)34-31(54-23-26-14-16-28(53-11)17-15-26)19-32(58-61(12,13)43(2,3)4)37(51)36(34)39-35(29)38(59-62(60-39,44(5,6)7)45(8,9)10)33(25)40-41-42(52)46(24-55-46)47(56-40,57-41)27(20-48)21-49/h14-18,27,31-32,40-41,48-50H,19-24H2,1-13H3/t31-,32-,40?,41?,46?,47?/m0/s1. The van der Waals surface area contributed by atoms with Crippen LogP contribution in [0.5, 0.6) is 17.2 Å². The van der Waals surface area contributed by atoms with E-state index in [1.807, 2.05) is 37.3 Å². The van der Waals surface area contributed by atoms with Gasteiger partial charge in [0.05, 0.1) is 63.1 Å². The number of rotatable bonds is 11. The first-order chi connectivity index (χ1) is 28.9. The molecule has 5 aliphatic rings. The van der Waals surface area contributed by atoms with Crippen LogP contribution >= 0.6 is 0 Å². The maximum atomic E-state index is 15.6. The van der Waals surface area contributed by atoms with Crippen molar-refractivity contribution in [2.24, 2.45) is 5.92 Å². The Morgan fingerprint density at radius 1 is 0.871 bits per heavy atom. The highest BCUT2D eigenvalue weighted by atomic mass is 28.4. The van der Waals surface area contributed by atoms with Gasteiger partial charge in [-0.2, -0.15) is 0 Å². The summed E-state index contributed by atoms with van der Waals surface area (Å²) in [5.74, 6) is -1.84. The zero-order chi connectivity index (χ0) is 45.3. The van der Waals surface area contributed by atoms with Gasteiger partial charge in [0.15, 0.2) is 20.2 Å². The van der Waals surface area contributed by atoms with Gasteiger partial charge >= 0.3 is 8.56 Å². The second kappa shape index (κ2) is 14.9. The van der Waals surface area contributed by atoms with Crippen molar-refractivity contribution in [1.82, 2.24) is 0 Å². The van der Waals surface area contributed by atoms with E-state index in [2.05, 4.69) is 75.4 Å². The fraction of sp³-hybridized carbons (Fsp3) is 0.617. The average Bonchev–Trinajstić information content (AvgIpc) is 3.86. The minimum atomic E-state index is -3.63. The number of methoxy groups -OCH3 is 1. The Morgan fingerprint density at radius 3 is 2.00 bits per heavy atom.